The van der Waals surface area contributed by atoms with Crippen LogP contribution in [0.15, 0.2) is 60.8 Å². The summed E-state index contributed by atoms with van der Waals surface area (Å²) in [7, 11) is 0. The fraction of sp³-hybridized carbons (Fsp3) is 0.406. The Morgan fingerprint density at radius 1 is 1.05 bits per heavy atom. The van der Waals surface area contributed by atoms with Crippen LogP contribution < -0.4 is 20.3 Å². The number of ether oxygens (including phenoxy) is 2. The zero-order chi connectivity index (χ0) is 29.3. The number of benzene rings is 2. The van der Waals surface area contributed by atoms with Crippen LogP contribution in [-0.4, -0.2) is 84.8 Å². The second kappa shape index (κ2) is 14.3. The SMILES string of the molecule is CCN1CCN(CCOc2ccc3cc2COC/C=C/CN(C(=O)Nc2c(C)cccc2C)c2ccnc(n2)N3)CC1. The van der Waals surface area contributed by atoms with Crippen LogP contribution in [0.2, 0.25) is 0 Å². The van der Waals surface area contributed by atoms with Crippen molar-refractivity contribution < 1.29 is 14.3 Å². The lowest BCUT2D eigenvalue weighted by Gasteiger charge is -2.33. The van der Waals surface area contributed by atoms with Crippen LogP contribution in [0.3, 0.4) is 0 Å². The lowest BCUT2D eigenvalue weighted by Crippen LogP contribution is -2.47. The van der Waals surface area contributed by atoms with Crippen LogP contribution in [-0.2, 0) is 11.3 Å². The molecule has 3 heterocycles. The molecule has 42 heavy (non-hydrogen) atoms. The van der Waals surface area contributed by atoms with Gasteiger partial charge in [0.1, 0.15) is 18.2 Å². The number of aryl methyl sites for hydroxylation is 2. The predicted molar refractivity (Wildman–Crippen MR) is 167 cm³/mol. The number of hydrogen-bond acceptors (Lipinski definition) is 8. The maximum absolute atomic E-state index is 13.5. The highest BCUT2D eigenvalue weighted by Gasteiger charge is 2.19. The summed E-state index contributed by atoms with van der Waals surface area (Å²) in [4.78, 5) is 29.1. The van der Waals surface area contributed by atoms with Gasteiger partial charge in [0.25, 0.3) is 0 Å². The molecule has 1 aromatic heterocycles. The number of likely N-dealkylation sites (N-methyl/N-ethyl adjacent to an activating group) is 1. The van der Waals surface area contributed by atoms with E-state index < -0.39 is 0 Å². The van der Waals surface area contributed by atoms with Crippen molar-refractivity contribution in [2.45, 2.75) is 27.4 Å². The van der Waals surface area contributed by atoms with Crippen molar-refractivity contribution in [2.75, 3.05) is 74.6 Å². The number of amides is 2. The second-order valence-electron chi connectivity index (χ2n) is 10.6. The zero-order valence-electron chi connectivity index (χ0n) is 24.8. The molecule has 10 heteroatoms. The van der Waals surface area contributed by atoms with Gasteiger partial charge in [-0.1, -0.05) is 37.3 Å². The van der Waals surface area contributed by atoms with Crippen LogP contribution in [0.5, 0.6) is 5.75 Å². The van der Waals surface area contributed by atoms with Crippen molar-refractivity contribution in [3.8, 4) is 5.75 Å². The number of aromatic nitrogens is 2. The Kier molecular flexibility index (Phi) is 10.0. The molecule has 2 aliphatic rings. The van der Waals surface area contributed by atoms with E-state index in [-0.39, 0.29) is 6.03 Å². The van der Waals surface area contributed by atoms with E-state index in [0.29, 0.717) is 38.1 Å². The van der Waals surface area contributed by atoms with E-state index in [1.165, 1.54) is 0 Å². The lowest BCUT2D eigenvalue weighted by atomic mass is 10.1. The van der Waals surface area contributed by atoms with Crippen molar-refractivity contribution in [2.24, 2.45) is 0 Å². The Bertz CT molecular complexity index is 1370. The van der Waals surface area contributed by atoms with E-state index in [1.54, 1.807) is 17.2 Å². The molecule has 3 aromatic rings. The van der Waals surface area contributed by atoms with Crippen LogP contribution in [0.25, 0.3) is 0 Å². The molecule has 10 nitrogen and oxygen atoms in total. The van der Waals surface area contributed by atoms with Gasteiger partial charge in [0.2, 0.25) is 5.95 Å². The van der Waals surface area contributed by atoms with Gasteiger partial charge in [-0.25, -0.2) is 9.78 Å². The van der Waals surface area contributed by atoms with Gasteiger partial charge in [0.15, 0.2) is 0 Å². The standard InChI is InChI=1S/C32H41N7O3/c1-4-37-15-17-38(18-16-37)19-21-42-28-11-10-27-22-26(28)23-41-20-6-5-14-39(29-12-13-33-31(34-27)35-29)32(40)36-30-24(2)8-7-9-25(30)3/h5-13,22H,4,14-21,23H2,1-3H3,(H,36,40)(H,33,34,35)/b6-5+. The number of anilines is 4. The number of hydrogen-bond donors (Lipinski definition) is 2. The molecular formula is C32H41N7O3. The second-order valence-corrected chi connectivity index (χ2v) is 10.6. The van der Waals surface area contributed by atoms with E-state index in [4.69, 9.17) is 9.47 Å². The van der Waals surface area contributed by atoms with Crippen LogP contribution in [0.1, 0.15) is 23.6 Å². The number of rotatable bonds is 6. The van der Waals surface area contributed by atoms with E-state index in [9.17, 15) is 4.79 Å². The molecule has 1 fully saturated rings. The minimum Gasteiger partial charge on any atom is -0.492 e. The van der Waals surface area contributed by atoms with Crippen molar-refractivity contribution in [1.29, 1.82) is 0 Å². The normalized spacial score (nSPS) is 17.2. The molecule has 1 saturated heterocycles. The minimum absolute atomic E-state index is 0.272. The molecule has 0 aliphatic carbocycles. The topological polar surface area (TPSA) is 95.1 Å². The third kappa shape index (κ3) is 7.64. The van der Waals surface area contributed by atoms with Gasteiger partial charge in [0, 0.05) is 62.4 Å². The van der Waals surface area contributed by atoms with Crippen LogP contribution in [0, 0.1) is 13.8 Å². The highest BCUT2D eigenvalue weighted by atomic mass is 16.5. The Morgan fingerprint density at radius 2 is 1.83 bits per heavy atom. The first-order valence-corrected chi connectivity index (χ1v) is 14.7. The Labute approximate surface area is 248 Å². The molecule has 2 amide bonds. The number of carbonyl (C=O) groups is 1. The molecule has 0 unspecified atom stereocenters. The number of piperazine rings is 1. The van der Waals surface area contributed by atoms with Gasteiger partial charge < -0.3 is 25.0 Å². The highest BCUT2D eigenvalue weighted by molar-refractivity contribution is 6.02. The van der Waals surface area contributed by atoms with Crippen LogP contribution >= 0.6 is 0 Å². The molecule has 222 valence electrons. The number of para-hydroxylation sites is 1. The Hall–Kier alpha value is -3.99. The molecular weight excluding hydrogens is 530 g/mol. The van der Waals surface area contributed by atoms with Crippen molar-refractivity contribution in [3.05, 3.63) is 77.5 Å². The highest BCUT2D eigenvalue weighted by Crippen LogP contribution is 2.27. The minimum atomic E-state index is -0.272. The zero-order valence-corrected chi connectivity index (χ0v) is 24.8. The molecule has 0 saturated carbocycles. The van der Waals surface area contributed by atoms with E-state index in [0.717, 1.165) is 73.1 Å². The molecule has 0 atom stereocenters. The smallest absolute Gasteiger partial charge is 0.327 e. The summed E-state index contributed by atoms with van der Waals surface area (Å²) >= 11 is 0. The van der Waals surface area contributed by atoms with Gasteiger partial charge in [-0.15, -0.1) is 0 Å². The fourth-order valence-electron chi connectivity index (χ4n) is 5.16. The fourth-order valence-corrected chi connectivity index (χ4v) is 5.16. The van der Waals surface area contributed by atoms with Gasteiger partial charge in [-0.05, 0) is 55.8 Å². The van der Waals surface area contributed by atoms with Gasteiger partial charge >= 0.3 is 6.03 Å². The number of urea groups is 1. The number of nitrogens with one attached hydrogen (secondary N) is 2. The number of carbonyl (C=O) groups excluding carboxylic acids is 1. The van der Waals surface area contributed by atoms with Crippen molar-refractivity contribution >= 4 is 29.2 Å². The summed E-state index contributed by atoms with van der Waals surface area (Å²) < 4.78 is 12.2. The van der Waals surface area contributed by atoms with Crippen molar-refractivity contribution in [1.82, 2.24) is 19.8 Å². The summed E-state index contributed by atoms with van der Waals surface area (Å²) in [6.45, 7) is 14.3. The van der Waals surface area contributed by atoms with Gasteiger partial charge in [0.05, 0.1) is 13.2 Å². The summed E-state index contributed by atoms with van der Waals surface area (Å²) in [6.07, 6.45) is 5.49. The quantitative estimate of drug-likeness (QED) is 0.400. The first-order chi connectivity index (χ1) is 20.5. The van der Waals surface area contributed by atoms with Crippen molar-refractivity contribution in [3.63, 3.8) is 0 Å². The maximum Gasteiger partial charge on any atom is 0.327 e. The van der Waals surface area contributed by atoms with Crippen LogP contribution in [0.4, 0.5) is 27.9 Å². The molecule has 2 aromatic carbocycles. The maximum atomic E-state index is 13.5. The molecule has 2 N–H and O–H groups in total. The van der Waals surface area contributed by atoms with Gasteiger partial charge in [-0.3, -0.25) is 9.80 Å². The van der Waals surface area contributed by atoms with E-state index in [1.807, 2.05) is 62.4 Å². The van der Waals surface area contributed by atoms with Gasteiger partial charge in [-0.2, -0.15) is 4.98 Å². The Morgan fingerprint density at radius 3 is 2.62 bits per heavy atom. The largest absolute Gasteiger partial charge is 0.492 e. The third-order valence-corrected chi connectivity index (χ3v) is 7.70. The summed E-state index contributed by atoms with van der Waals surface area (Å²) in [5.74, 6) is 1.69. The summed E-state index contributed by atoms with van der Waals surface area (Å²) in [5, 5.41) is 6.35. The monoisotopic (exact) mass is 571 g/mol. The summed E-state index contributed by atoms with van der Waals surface area (Å²) in [6, 6.07) is 13.3. The average molecular weight is 572 g/mol. The van der Waals surface area contributed by atoms with E-state index in [2.05, 4.69) is 37.3 Å². The molecule has 2 aliphatic heterocycles. The third-order valence-electron chi connectivity index (χ3n) is 7.70. The van der Waals surface area contributed by atoms with E-state index >= 15 is 0 Å². The first-order valence-electron chi connectivity index (χ1n) is 14.7. The summed E-state index contributed by atoms with van der Waals surface area (Å²) in [5.41, 5.74) is 4.56. The lowest BCUT2D eigenvalue weighted by molar-refractivity contribution is 0.118. The number of nitrogens with zero attached hydrogens (tertiary/aromatic N) is 5. The number of fused-ring (bicyclic) bond motifs is 4. The first kappa shape index (κ1) is 29.5. The Balaban J connectivity index is 1.30. The molecule has 0 spiro atoms. The molecule has 0 radical (unpaired) electrons. The average Bonchev–Trinajstić information content (AvgIpc) is 2.99. The molecule has 5 rings (SSSR count). The molecule has 4 bridgehead atoms. The predicted octanol–water partition coefficient (Wildman–Crippen LogP) is 4.98.